The predicted octanol–water partition coefficient (Wildman–Crippen LogP) is 2.90. The summed E-state index contributed by atoms with van der Waals surface area (Å²) in [5, 5.41) is 2.90. The van der Waals surface area contributed by atoms with Gasteiger partial charge in [0.1, 0.15) is 0 Å². The van der Waals surface area contributed by atoms with Gasteiger partial charge in [-0.15, -0.1) is 0 Å². The maximum Gasteiger partial charge on any atom is 0.250 e. The molecule has 118 valence electrons. The molecule has 20 heavy (non-hydrogen) atoms. The molecular formula is C15H28F2N2O. The van der Waals surface area contributed by atoms with Crippen molar-refractivity contribution in [3.05, 3.63) is 0 Å². The van der Waals surface area contributed by atoms with E-state index < -0.39 is 6.43 Å². The first-order chi connectivity index (χ1) is 9.51. The molecule has 1 heterocycles. The van der Waals surface area contributed by atoms with Crippen LogP contribution in [0.1, 0.15) is 46.5 Å². The SMILES string of the molecule is CCC1CC(NCC(F)F)CN(C(=O)C(CC)CC)C1. The normalized spacial score (nSPS) is 23.6. The number of nitrogens with one attached hydrogen (secondary N) is 1. The van der Waals surface area contributed by atoms with Crippen LogP contribution in [0.5, 0.6) is 0 Å². The van der Waals surface area contributed by atoms with Crippen LogP contribution in [0.15, 0.2) is 0 Å². The quantitative estimate of drug-likeness (QED) is 0.782. The zero-order valence-corrected chi connectivity index (χ0v) is 12.9. The van der Waals surface area contributed by atoms with E-state index in [4.69, 9.17) is 0 Å². The second-order valence-corrected chi connectivity index (χ2v) is 5.76. The van der Waals surface area contributed by atoms with E-state index in [1.807, 2.05) is 18.7 Å². The van der Waals surface area contributed by atoms with Crippen LogP contribution in [-0.2, 0) is 4.79 Å². The Kier molecular flexibility index (Phi) is 7.41. The van der Waals surface area contributed by atoms with Crippen LogP contribution < -0.4 is 5.32 Å². The molecule has 3 nitrogen and oxygen atoms in total. The molecule has 1 saturated heterocycles. The first kappa shape index (κ1) is 17.3. The van der Waals surface area contributed by atoms with E-state index in [-0.39, 0.29) is 24.4 Å². The fourth-order valence-electron chi connectivity index (χ4n) is 2.98. The molecular weight excluding hydrogens is 262 g/mol. The number of nitrogens with zero attached hydrogens (tertiary/aromatic N) is 1. The third-order valence-electron chi connectivity index (χ3n) is 4.32. The van der Waals surface area contributed by atoms with E-state index >= 15 is 0 Å². The molecule has 1 amide bonds. The Bertz CT molecular complexity index is 296. The fourth-order valence-corrected chi connectivity index (χ4v) is 2.98. The molecule has 0 aromatic heterocycles. The van der Waals surface area contributed by atoms with Gasteiger partial charge in [0.25, 0.3) is 6.43 Å². The van der Waals surface area contributed by atoms with Gasteiger partial charge < -0.3 is 10.2 Å². The van der Waals surface area contributed by atoms with E-state index in [1.54, 1.807) is 0 Å². The average Bonchev–Trinajstić information content (AvgIpc) is 2.45. The predicted molar refractivity (Wildman–Crippen MR) is 76.8 cm³/mol. The van der Waals surface area contributed by atoms with Gasteiger partial charge in [0, 0.05) is 25.0 Å². The zero-order chi connectivity index (χ0) is 15.1. The molecule has 0 spiro atoms. The van der Waals surface area contributed by atoms with Crippen molar-refractivity contribution in [2.24, 2.45) is 11.8 Å². The number of hydrogen-bond donors (Lipinski definition) is 1. The highest BCUT2D eigenvalue weighted by Crippen LogP contribution is 2.23. The molecule has 2 unspecified atom stereocenters. The molecule has 1 rings (SSSR count). The molecule has 0 saturated carbocycles. The number of rotatable bonds is 7. The first-order valence-electron chi connectivity index (χ1n) is 7.81. The number of carbonyl (C=O) groups excluding carboxylic acids is 1. The van der Waals surface area contributed by atoms with Crippen LogP contribution in [0.2, 0.25) is 0 Å². The van der Waals surface area contributed by atoms with Crippen LogP contribution in [0.25, 0.3) is 0 Å². The fraction of sp³-hybridized carbons (Fsp3) is 0.933. The Morgan fingerprint density at radius 3 is 2.40 bits per heavy atom. The van der Waals surface area contributed by atoms with Gasteiger partial charge in [0.05, 0.1) is 6.54 Å². The van der Waals surface area contributed by atoms with E-state index in [2.05, 4.69) is 12.2 Å². The highest BCUT2D eigenvalue weighted by atomic mass is 19.3. The number of alkyl halides is 2. The molecule has 0 aromatic rings. The minimum atomic E-state index is -2.33. The monoisotopic (exact) mass is 290 g/mol. The van der Waals surface area contributed by atoms with E-state index in [0.29, 0.717) is 12.5 Å². The lowest BCUT2D eigenvalue weighted by atomic mass is 9.90. The van der Waals surface area contributed by atoms with Crippen molar-refractivity contribution >= 4 is 5.91 Å². The summed E-state index contributed by atoms with van der Waals surface area (Å²) in [6.45, 7) is 7.21. The third kappa shape index (κ3) is 5.00. The largest absolute Gasteiger partial charge is 0.341 e. The standard InChI is InChI=1S/C15H28F2N2O/c1-4-11-7-13(18-8-14(16)17)10-19(9-11)15(20)12(5-2)6-3/h11-14,18H,4-10H2,1-3H3. The van der Waals surface area contributed by atoms with Crippen LogP contribution in [0.4, 0.5) is 8.78 Å². The van der Waals surface area contributed by atoms with Gasteiger partial charge in [-0.2, -0.15) is 0 Å². The summed E-state index contributed by atoms with van der Waals surface area (Å²) in [6, 6.07) is 0.000937. The molecule has 1 N–H and O–H groups in total. The summed E-state index contributed by atoms with van der Waals surface area (Å²) in [6.07, 6.45) is 1.23. The molecule has 0 bridgehead atoms. The Morgan fingerprint density at radius 1 is 1.25 bits per heavy atom. The smallest absolute Gasteiger partial charge is 0.250 e. The summed E-state index contributed by atoms with van der Waals surface area (Å²) in [7, 11) is 0. The molecule has 0 radical (unpaired) electrons. The van der Waals surface area contributed by atoms with Crippen molar-refractivity contribution in [3.63, 3.8) is 0 Å². The number of amides is 1. The van der Waals surface area contributed by atoms with Gasteiger partial charge in [-0.1, -0.05) is 27.2 Å². The van der Waals surface area contributed by atoms with Crippen molar-refractivity contribution in [2.45, 2.75) is 58.9 Å². The van der Waals surface area contributed by atoms with Crippen LogP contribution in [0.3, 0.4) is 0 Å². The third-order valence-corrected chi connectivity index (χ3v) is 4.32. The molecule has 0 aromatic carbocycles. The van der Waals surface area contributed by atoms with Gasteiger partial charge in [-0.3, -0.25) is 4.79 Å². The summed E-state index contributed by atoms with van der Waals surface area (Å²) in [5.74, 6) is 0.676. The maximum atomic E-state index is 12.5. The lowest BCUT2D eigenvalue weighted by Gasteiger charge is -2.39. The highest BCUT2D eigenvalue weighted by molar-refractivity contribution is 5.78. The summed E-state index contributed by atoms with van der Waals surface area (Å²) >= 11 is 0. The van der Waals surface area contributed by atoms with Crippen molar-refractivity contribution in [1.82, 2.24) is 10.2 Å². The van der Waals surface area contributed by atoms with E-state index in [0.717, 1.165) is 32.2 Å². The Hall–Kier alpha value is -0.710. The van der Waals surface area contributed by atoms with Crippen LogP contribution >= 0.6 is 0 Å². The first-order valence-corrected chi connectivity index (χ1v) is 7.81. The Morgan fingerprint density at radius 2 is 1.90 bits per heavy atom. The van der Waals surface area contributed by atoms with Gasteiger partial charge in [-0.25, -0.2) is 8.78 Å². The second kappa shape index (κ2) is 8.55. The minimum absolute atomic E-state index is 0.000937. The summed E-state index contributed by atoms with van der Waals surface area (Å²) in [5.41, 5.74) is 0. The number of likely N-dealkylation sites (tertiary alicyclic amines) is 1. The maximum absolute atomic E-state index is 12.5. The second-order valence-electron chi connectivity index (χ2n) is 5.76. The van der Waals surface area contributed by atoms with Crippen molar-refractivity contribution < 1.29 is 13.6 Å². The van der Waals surface area contributed by atoms with Gasteiger partial charge >= 0.3 is 0 Å². The number of halogens is 2. The number of hydrogen-bond acceptors (Lipinski definition) is 2. The number of piperidine rings is 1. The lowest BCUT2D eigenvalue weighted by molar-refractivity contribution is -0.138. The highest BCUT2D eigenvalue weighted by Gasteiger charge is 2.31. The van der Waals surface area contributed by atoms with Gasteiger partial charge in [0.2, 0.25) is 5.91 Å². The Balaban J connectivity index is 2.63. The summed E-state index contributed by atoms with van der Waals surface area (Å²) < 4.78 is 24.6. The molecule has 5 heteroatoms. The van der Waals surface area contributed by atoms with Crippen molar-refractivity contribution in [2.75, 3.05) is 19.6 Å². The van der Waals surface area contributed by atoms with Crippen LogP contribution in [-0.4, -0.2) is 42.9 Å². The molecule has 2 atom stereocenters. The summed E-state index contributed by atoms with van der Waals surface area (Å²) in [4.78, 5) is 14.3. The van der Waals surface area contributed by atoms with E-state index in [9.17, 15) is 13.6 Å². The Labute approximate surface area is 121 Å². The van der Waals surface area contributed by atoms with E-state index in [1.165, 1.54) is 0 Å². The molecule has 1 aliphatic heterocycles. The van der Waals surface area contributed by atoms with Gasteiger partial charge in [-0.05, 0) is 25.2 Å². The topological polar surface area (TPSA) is 32.3 Å². The lowest BCUT2D eigenvalue weighted by Crippen LogP contribution is -2.53. The van der Waals surface area contributed by atoms with Crippen molar-refractivity contribution in [1.29, 1.82) is 0 Å². The molecule has 1 fully saturated rings. The minimum Gasteiger partial charge on any atom is -0.341 e. The number of carbonyl (C=O) groups is 1. The average molecular weight is 290 g/mol. The zero-order valence-electron chi connectivity index (χ0n) is 12.9. The van der Waals surface area contributed by atoms with Crippen molar-refractivity contribution in [3.8, 4) is 0 Å². The molecule has 0 aliphatic carbocycles. The van der Waals surface area contributed by atoms with Crippen LogP contribution in [0, 0.1) is 11.8 Å². The molecule has 1 aliphatic rings. The van der Waals surface area contributed by atoms with Gasteiger partial charge in [0.15, 0.2) is 0 Å².